The van der Waals surface area contributed by atoms with E-state index >= 15 is 0 Å². The van der Waals surface area contributed by atoms with E-state index in [0.29, 0.717) is 62.8 Å². The minimum Gasteiger partial charge on any atom is -0.756 e. The summed E-state index contributed by atoms with van der Waals surface area (Å²) in [4.78, 5) is 138. The summed E-state index contributed by atoms with van der Waals surface area (Å²) in [6.07, 6.45) is -0.726. The molecule has 15 unspecified atom stereocenters. The van der Waals surface area contributed by atoms with E-state index in [9.17, 15) is 58.0 Å². The molecule has 7 heterocycles. The molecule has 6 aliphatic rings. The Bertz CT molecular complexity index is 3750. The van der Waals surface area contributed by atoms with Crippen molar-refractivity contribution in [3.8, 4) is 0 Å². The number of carboxylic acid groups (broad SMARTS) is 1. The summed E-state index contributed by atoms with van der Waals surface area (Å²) in [5.41, 5.74) is 36.7. The molecule has 100 heavy (non-hydrogen) atoms. The van der Waals surface area contributed by atoms with E-state index in [2.05, 4.69) is 17.2 Å². The molecule has 31 heteroatoms. The van der Waals surface area contributed by atoms with E-state index in [-0.39, 0.29) is 94.0 Å². The molecule has 8 rings (SSSR count). The van der Waals surface area contributed by atoms with Crippen LogP contribution in [-0.4, -0.2) is 138 Å². The Hall–Kier alpha value is -7.02. The van der Waals surface area contributed by atoms with Crippen molar-refractivity contribution in [2.75, 3.05) is 13.2 Å². The number of hydrogen-bond acceptors (Lipinski definition) is 19. The number of allylic oxidation sites excluding steroid dienone is 6. The van der Waals surface area contributed by atoms with Crippen molar-refractivity contribution < 1.29 is 93.7 Å². The monoisotopic (exact) mass is 1460 g/mol. The average Bonchev–Trinajstić information content (AvgIpc) is 1.53. The number of amides is 7. The maximum atomic E-state index is 14.4. The van der Waals surface area contributed by atoms with Crippen molar-refractivity contribution in [3.63, 3.8) is 0 Å². The number of imidazole rings is 1. The average molecular weight is 1460 g/mol. The second-order valence-corrected chi connectivity index (χ2v) is 30.4. The van der Waals surface area contributed by atoms with Crippen molar-refractivity contribution in [1.29, 1.82) is 0 Å². The van der Waals surface area contributed by atoms with E-state index in [0.717, 1.165) is 36.8 Å². The van der Waals surface area contributed by atoms with Crippen LogP contribution in [0.5, 0.6) is 0 Å². The third kappa shape index (κ3) is 17.4. The normalized spacial score (nSPS) is 29.7. The number of carbonyl (C=O) groups is 8. The zero-order valence-electron chi connectivity index (χ0n) is 59.1. The Balaban J connectivity index is 0.00000147. The summed E-state index contributed by atoms with van der Waals surface area (Å²) in [5.74, 6) is -8.10. The van der Waals surface area contributed by atoms with Crippen LogP contribution in [0, 0.1) is 66.1 Å². The fraction of sp³-hybridized carbons (Fsp3) is 0.638. The molecule has 2 saturated heterocycles. The second-order valence-electron chi connectivity index (χ2n) is 29.0. The van der Waals surface area contributed by atoms with E-state index < -0.39 is 149 Å². The minimum absolute atomic E-state index is 0. The maximum Gasteiger partial charge on any atom is 2.00 e. The molecule has 16 N–H and O–H groups in total. The van der Waals surface area contributed by atoms with Gasteiger partial charge >= 0.3 is 22.7 Å². The van der Waals surface area contributed by atoms with Crippen LogP contribution in [0.2, 0.25) is 0 Å². The SMILES string of the molecule is CC1=C2N=C(C=C3N=C(C(C)=C4[N-]C(C(CC(N)=O)C4(C)CCC(=O)NCC(C)OP(=O)([O-])OC4C(CO)OC(n5cnc6cc(C)c(C)cc65)C4O)C4(C)N=C1C(CCC(N)=O)C4(C)CC(N)=O)C(CCC(N)=O)C3(C)C)C(CCC(N)=O)C2(C)CC(N)=O.[CH2-]CCCCCC(=O)O.[Co+2]. The number of aryl methyl sites for hydroxylation is 2. The van der Waals surface area contributed by atoms with Crippen LogP contribution in [0.4, 0.5) is 0 Å². The molecule has 15 atom stereocenters. The summed E-state index contributed by atoms with van der Waals surface area (Å²) < 4.78 is 31.9. The number of primary amides is 6. The quantitative estimate of drug-likeness (QED) is 0.0264. The third-order valence-electron chi connectivity index (χ3n) is 21.6. The molecule has 1 radical (unpaired) electrons. The molecule has 2 fully saturated rings. The van der Waals surface area contributed by atoms with Gasteiger partial charge in [-0.1, -0.05) is 53.5 Å². The summed E-state index contributed by atoms with van der Waals surface area (Å²) in [6, 6.07) is 2.65. The first-order valence-corrected chi connectivity index (χ1v) is 35.2. The molecule has 1 aromatic heterocycles. The number of nitrogens with one attached hydrogen (secondary N) is 1. The molecule has 553 valence electrons. The first kappa shape index (κ1) is 81.9. The van der Waals surface area contributed by atoms with Gasteiger partial charge in [0.15, 0.2) is 6.23 Å². The first-order chi connectivity index (χ1) is 46.1. The fourth-order valence-corrected chi connectivity index (χ4v) is 17.1. The molecule has 8 bridgehead atoms. The number of fused-ring (bicyclic) bond motifs is 7. The smallest absolute Gasteiger partial charge is 0.756 e. The van der Waals surface area contributed by atoms with Gasteiger partial charge in [0.2, 0.25) is 41.4 Å². The molecule has 0 aliphatic carbocycles. The maximum absolute atomic E-state index is 14.4. The predicted octanol–water partition coefficient (Wildman–Crippen LogP) is 5.17. The third-order valence-corrected chi connectivity index (χ3v) is 22.7. The number of hydrogen-bond donors (Lipinski definition) is 10. The fourth-order valence-electron chi connectivity index (χ4n) is 16.0. The van der Waals surface area contributed by atoms with Crippen LogP contribution in [0.15, 0.2) is 67.8 Å². The Morgan fingerprint density at radius 2 is 1.38 bits per heavy atom. The van der Waals surface area contributed by atoms with Crippen molar-refractivity contribution >= 4 is 83.3 Å². The zero-order chi connectivity index (χ0) is 73.8. The molecular formula is C69H101CoN13O16P-. The summed E-state index contributed by atoms with van der Waals surface area (Å²) in [7, 11) is -5.32. The second kappa shape index (κ2) is 32.5. The molecule has 1 aromatic carbocycles. The number of aromatic nitrogens is 2. The number of rotatable bonds is 31. The van der Waals surface area contributed by atoms with Gasteiger partial charge in [-0.25, -0.2) is 4.98 Å². The number of nitrogens with two attached hydrogens (primary N) is 6. The largest absolute Gasteiger partial charge is 2.00 e. The number of aliphatic hydroxyl groups is 2. The van der Waals surface area contributed by atoms with Gasteiger partial charge in [-0.05, 0) is 125 Å². The molecule has 7 amide bonds. The molecule has 0 spiro atoms. The molecule has 6 aliphatic heterocycles. The predicted molar refractivity (Wildman–Crippen MR) is 368 cm³/mol. The van der Waals surface area contributed by atoms with Crippen molar-refractivity contribution in [2.45, 2.75) is 221 Å². The number of unbranched alkanes of at least 4 members (excludes halogenated alkanes) is 3. The summed E-state index contributed by atoms with van der Waals surface area (Å²) in [5, 5.41) is 38.3. The summed E-state index contributed by atoms with van der Waals surface area (Å²) >= 11 is 0. The van der Waals surface area contributed by atoms with Gasteiger partial charge in [-0.3, -0.25) is 57.9 Å². The number of phosphoric ester groups is 1. The van der Waals surface area contributed by atoms with Gasteiger partial charge in [-0.15, -0.1) is 0 Å². The van der Waals surface area contributed by atoms with Crippen LogP contribution < -0.4 is 44.6 Å². The van der Waals surface area contributed by atoms with Crippen LogP contribution in [0.3, 0.4) is 0 Å². The summed E-state index contributed by atoms with van der Waals surface area (Å²) in [6.45, 7) is 22.6. The van der Waals surface area contributed by atoms with Crippen LogP contribution in [0.1, 0.15) is 182 Å². The van der Waals surface area contributed by atoms with Crippen LogP contribution >= 0.6 is 7.82 Å². The number of aliphatic hydroxyl groups excluding tert-OH is 2. The standard InChI is InChI=1S/C62H90N13O14P.C7H13O2.Co/c1-29-20-39-40(21-30(29)2)75(28-70-39)57-52(84)53(41(27-76)87-57)89-90(85,86)88-31(3)26-69-49(83)18-19-59(8)37(22-46(66)80)56-62(11)61(10,25-48(68)82)36(14-17-45(65)79)51(74-62)33(5)55-60(9,24-47(67)81)34(12-15-43(63)77)38(71-55)23-42-58(6,7)35(13-16-44(64)78)50(72-42)32(4)54(59)73-56;1-2-3-4-5-6-7(8)9;/h20-21,23,28,31,34-37,41,52-53,56-57,76,84H,12-19,22,24-27H2,1-11H3,(H15,63,64,65,66,67,68,69,71,72,73,74,77,78,79,80,81,82,83,85,86);1-6H2,(H,8,9);/q;-1;+2/p-2. The van der Waals surface area contributed by atoms with E-state index in [4.69, 9.17) is 73.6 Å². The topological polar surface area (TPSA) is 502 Å². The zero-order valence-corrected chi connectivity index (χ0v) is 61.0. The molecule has 29 nitrogen and oxygen atoms in total. The van der Waals surface area contributed by atoms with Gasteiger partial charge in [0.25, 0.3) is 7.82 Å². The van der Waals surface area contributed by atoms with Gasteiger partial charge in [0.05, 0.1) is 41.3 Å². The van der Waals surface area contributed by atoms with E-state index in [1.165, 1.54) is 17.8 Å². The number of ether oxygens (including phenoxy) is 1. The number of phosphoric acid groups is 1. The minimum atomic E-state index is -5.32. The Morgan fingerprint density at radius 1 is 0.780 bits per heavy atom. The first-order valence-electron chi connectivity index (χ1n) is 33.8. The van der Waals surface area contributed by atoms with Crippen molar-refractivity contribution in [1.82, 2.24) is 14.9 Å². The number of benzene rings is 1. The van der Waals surface area contributed by atoms with Gasteiger partial charge in [0, 0.05) is 115 Å². The van der Waals surface area contributed by atoms with Gasteiger partial charge in [0.1, 0.15) is 18.3 Å². The number of nitrogens with zero attached hydrogens (tertiary/aromatic N) is 6. The number of aliphatic carboxylic acids is 1. The van der Waals surface area contributed by atoms with E-state index in [1.54, 1.807) is 6.92 Å². The van der Waals surface area contributed by atoms with Gasteiger partial charge in [-0.2, -0.15) is 12.1 Å². The van der Waals surface area contributed by atoms with E-state index in [1.807, 2.05) is 80.5 Å². The molecule has 0 saturated carbocycles. The van der Waals surface area contributed by atoms with Crippen molar-refractivity contribution in [2.24, 2.45) is 94.7 Å². The number of carboxylic acids is 1. The Kier molecular flexibility index (Phi) is 26.7. The van der Waals surface area contributed by atoms with Crippen LogP contribution in [-0.2, 0) is 73.5 Å². The number of carbonyl (C=O) groups excluding carboxylic acids is 7. The van der Waals surface area contributed by atoms with Crippen LogP contribution in [0.25, 0.3) is 16.4 Å². The molecular weight excluding hydrogens is 1360 g/mol. The Labute approximate surface area is 594 Å². The Morgan fingerprint density at radius 3 is 1.95 bits per heavy atom. The molecule has 2 aromatic rings. The van der Waals surface area contributed by atoms with Gasteiger partial charge < -0.3 is 90.5 Å². The number of aliphatic imine (C=N–C) groups is 3. The van der Waals surface area contributed by atoms with Crippen molar-refractivity contribution in [3.05, 3.63) is 76.1 Å².